The van der Waals surface area contributed by atoms with Gasteiger partial charge in [0, 0.05) is 6.21 Å². The summed E-state index contributed by atoms with van der Waals surface area (Å²) in [6, 6.07) is 9.32. The molecule has 1 fully saturated rings. The van der Waals surface area contributed by atoms with Crippen molar-refractivity contribution in [1.29, 1.82) is 0 Å². The Kier molecular flexibility index (Phi) is 5.35. The molecule has 1 saturated heterocycles. The summed E-state index contributed by atoms with van der Waals surface area (Å²) in [6.07, 6.45) is -3.65. The number of anilines is 1. The van der Waals surface area contributed by atoms with Crippen LogP contribution in [0.3, 0.4) is 0 Å². The second-order valence-electron chi connectivity index (χ2n) is 5.94. The van der Waals surface area contributed by atoms with Crippen LogP contribution in [0.2, 0.25) is 0 Å². The van der Waals surface area contributed by atoms with Gasteiger partial charge in [0.25, 0.3) is 5.91 Å². The Hall–Kier alpha value is -3.69. The number of halogens is 3. The molecule has 1 aliphatic rings. The standard InChI is InChI=1S/C19H14F3N3O4/c1-29-15-8-3-2-7-14(15)25-17(27)13(16(26)24-18(25)28)10-23-12-6-4-5-11(9-12)19(20,21)22/h2-10,13H,1H3,(H,24,26,28)/t13-/m1/s1. The number of alkyl halides is 3. The molecule has 1 atom stereocenters. The van der Waals surface area contributed by atoms with E-state index in [0.717, 1.165) is 29.3 Å². The number of rotatable bonds is 4. The topological polar surface area (TPSA) is 88.1 Å². The van der Waals surface area contributed by atoms with Crippen LogP contribution in [0.5, 0.6) is 5.75 Å². The highest BCUT2D eigenvalue weighted by atomic mass is 19.4. The molecule has 0 aromatic heterocycles. The average molecular weight is 405 g/mol. The van der Waals surface area contributed by atoms with E-state index in [2.05, 4.69) is 4.99 Å². The number of nitrogens with one attached hydrogen (secondary N) is 1. The lowest BCUT2D eigenvalue weighted by Gasteiger charge is -2.29. The van der Waals surface area contributed by atoms with Gasteiger partial charge in [0.05, 0.1) is 24.0 Å². The molecule has 1 heterocycles. The molecule has 0 saturated carbocycles. The van der Waals surface area contributed by atoms with Gasteiger partial charge < -0.3 is 4.74 Å². The number of urea groups is 1. The van der Waals surface area contributed by atoms with Crippen molar-refractivity contribution in [3.05, 3.63) is 54.1 Å². The molecule has 29 heavy (non-hydrogen) atoms. The fourth-order valence-corrected chi connectivity index (χ4v) is 2.69. The quantitative estimate of drug-likeness (QED) is 0.625. The SMILES string of the molecule is COc1ccccc1N1C(=O)NC(=O)[C@@H](C=Nc2cccc(C(F)(F)F)c2)C1=O. The van der Waals surface area contributed by atoms with E-state index >= 15 is 0 Å². The number of amides is 4. The molecule has 4 amide bonds. The zero-order chi connectivity index (χ0) is 21.2. The lowest BCUT2D eigenvalue weighted by atomic mass is 10.1. The number of imide groups is 2. The number of carbonyl (C=O) groups is 3. The molecule has 2 aromatic carbocycles. The molecule has 0 bridgehead atoms. The number of methoxy groups -OCH3 is 1. The summed E-state index contributed by atoms with van der Waals surface area (Å²) in [5.74, 6) is -3.12. The first kappa shape index (κ1) is 20.1. The summed E-state index contributed by atoms with van der Waals surface area (Å²) in [4.78, 5) is 41.6. The summed E-state index contributed by atoms with van der Waals surface area (Å²) in [5.41, 5.74) is -0.902. The van der Waals surface area contributed by atoms with Crippen LogP contribution in [0.4, 0.5) is 29.3 Å². The van der Waals surface area contributed by atoms with E-state index in [4.69, 9.17) is 4.74 Å². The van der Waals surface area contributed by atoms with Crippen molar-refractivity contribution in [2.24, 2.45) is 10.9 Å². The first-order valence-electron chi connectivity index (χ1n) is 8.25. The van der Waals surface area contributed by atoms with Crippen molar-refractivity contribution in [2.75, 3.05) is 12.0 Å². The highest BCUT2D eigenvalue weighted by molar-refractivity contribution is 6.33. The van der Waals surface area contributed by atoms with Crippen LogP contribution in [-0.4, -0.2) is 31.2 Å². The summed E-state index contributed by atoms with van der Waals surface area (Å²) in [6.45, 7) is 0. The van der Waals surface area contributed by atoms with E-state index in [9.17, 15) is 27.6 Å². The van der Waals surface area contributed by atoms with E-state index < -0.39 is 35.5 Å². The number of hydrogen-bond acceptors (Lipinski definition) is 5. The Balaban J connectivity index is 1.91. The molecular formula is C19H14F3N3O4. The van der Waals surface area contributed by atoms with Crippen LogP contribution >= 0.6 is 0 Å². The van der Waals surface area contributed by atoms with Gasteiger partial charge in [-0.25, -0.2) is 9.69 Å². The van der Waals surface area contributed by atoms with Crippen LogP contribution < -0.4 is 15.0 Å². The van der Waals surface area contributed by atoms with Gasteiger partial charge in [0.15, 0.2) is 5.92 Å². The third kappa shape index (κ3) is 4.10. The first-order valence-corrected chi connectivity index (χ1v) is 8.25. The Labute approximate surface area is 162 Å². The molecule has 1 N–H and O–H groups in total. The molecule has 3 rings (SSSR count). The van der Waals surface area contributed by atoms with E-state index in [0.29, 0.717) is 0 Å². The number of carbonyl (C=O) groups excluding carboxylic acids is 3. The monoisotopic (exact) mass is 405 g/mol. The number of hydrogen-bond donors (Lipinski definition) is 1. The van der Waals surface area contributed by atoms with Crippen molar-refractivity contribution in [2.45, 2.75) is 6.18 Å². The smallest absolute Gasteiger partial charge is 0.416 e. The lowest BCUT2D eigenvalue weighted by molar-refractivity contribution is -0.137. The number of para-hydroxylation sites is 2. The molecule has 0 aliphatic carbocycles. The molecule has 1 aliphatic heterocycles. The molecular weight excluding hydrogens is 391 g/mol. The molecule has 150 valence electrons. The third-order valence-electron chi connectivity index (χ3n) is 4.07. The number of barbiturate groups is 1. The van der Waals surface area contributed by atoms with Crippen LogP contribution in [0.15, 0.2) is 53.5 Å². The summed E-state index contributed by atoms with van der Waals surface area (Å²) >= 11 is 0. The van der Waals surface area contributed by atoms with Crippen LogP contribution in [0.25, 0.3) is 0 Å². The van der Waals surface area contributed by atoms with Crippen molar-refractivity contribution >= 4 is 35.4 Å². The van der Waals surface area contributed by atoms with Gasteiger partial charge in [-0.2, -0.15) is 13.2 Å². The van der Waals surface area contributed by atoms with Gasteiger partial charge in [-0.1, -0.05) is 18.2 Å². The van der Waals surface area contributed by atoms with Gasteiger partial charge in [0.2, 0.25) is 5.91 Å². The lowest BCUT2D eigenvalue weighted by Crippen LogP contribution is -2.58. The minimum Gasteiger partial charge on any atom is -0.495 e. The van der Waals surface area contributed by atoms with Gasteiger partial charge in [-0.05, 0) is 30.3 Å². The zero-order valence-corrected chi connectivity index (χ0v) is 14.9. The van der Waals surface area contributed by atoms with Gasteiger partial charge >= 0.3 is 12.2 Å². The van der Waals surface area contributed by atoms with E-state index in [1.54, 1.807) is 12.1 Å². The summed E-state index contributed by atoms with van der Waals surface area (Å²) in [5, 5.41) is 2.03. The van der Waals surface area contributed by atoms with Crippen LogP contribution in [-0.2, 0) is 15.8 Å². The predicted molar refractivity (Wildman–Crippen MR) is 97.1 cm³/mol. The Bertz CT molecular complexity index is 1000. The Morgan fingerprint density at radius 3 is 2.52 bits per heavy atom. The van der Waals surface area contributed by atoms with E-state index in [-0.39, 0.29) is 17.1 Å². The molecule has 0 unspecified atom stereocenters. The summed E-state index contributed by atoms with van der Waals surface area (Å²) in [7, 11) is 1.35. The predicted octanol–water partition coefficient (Wildman–Crippen LogP) is 3.32. The van der Waals surface area contributed by atoms with Crippen molar-refractivity contribution < 1.29 is 32.3 Å². The van der Waals surface area contributed by atoms with E-state index in [1.807, 2.05) is 5.32 Å². The van der Waals surface area contributed by atoms with Gasteiger partial charge in [-0.3, -0.25) is 19.9 Å². The molecule has 7 nitrogen and oxygen atoms in total. The van der Waals surface area contributed by atoms with Crippen LogP contribution in [0, 0.1) is 5.92 Å². The van der Waals surface area contributed by atoms with E-state index in [1.165, 1.54) is 25.3 Å². The van der Waals surface area contributed by atoms with Crippen molar-refractivity contribution in [1.82, 2.24) is 5.32 Å². The van der Waals surface area contributed by atoms with Gasteiger partial charge in [0.1, 0.15) is 5.75 Å². The molecule has 2 aromatic rings. The maximum atomic E-state index is 12.8. The first-order chi connectivity index (χ1) is 13.7. The third-order valence-corrected chi connectivity index (χ3v) is 4.07. The van der Waals surface area contributed by atoms with Crippen molar-refractivity contribution in [3.63, 3.8) is 0 Å². The number of benzene rings is 2. The number of ether oxygens (including phenoxy) is 1. The Morgan fingerprint density at radius 1 is 1.10 bits per heavy atom. The second-order valence-corrected chi connectivity index (χ2v) is 5.94. The highest BCUT2D eigenvalue weighted by Crippen LogP contribution is 2.32. The fourth-order valence-electron chi connectivity index (χ4n) is 2.69. The average Bonchev–Trinajstić information content (AvgIpc) is 2.67. The second kappa shape index (κ2) is 7.74. The Morgan fingerprint density at radius 2 is 1.83 bits per heavy atom. The minimum absolute atomic E-state index is 0.0961. The zero-order valence-electron chi connectivity index (χ0n) is 14.9. The molecule has 0 spiro atoms. The van der Waals surface area contributed by atoms with Gasteiger partial charge in [-0.15, -0.1) is 0 Å². The van der Waals surface area contributed by atoms with Crippen LogP contribution in [0.1, 0.15) is 5.56 Å². The number of nitrogens with zero attached hydrogens (tertiary/aromatic N) is 2. The molecule has 10 heteroatoms. The molecule has 0 radical (unpaired) electrons. The van der Waals surface area contributed by atoms with Crippen molar-refractivity contribution in [3.8, 4) is 5.75 Å². The highest BCUT2D eigenvalue weighted by Gasteiger charge is 2.41. The summed E-state index contributed by atoms with van der Waals surface area (Å²) < 4.78 is 43.6. The largest absolute Gasteiger partial charge is 0.495 e. The normalized spacial score (nSPS) is 17.6. The number of aliphatic imine (C=N–C) groups is 1. The maximum Gasteiger partial charge on any atom is 0.416 e. The fraction of sp³-hybridized carbons (Fsp3) is 0.158. The maximum absolute atomic E-state index is 12.8. The minimum atomic E-state index is -4.56.